The summed E-state index contributed by atoms with van der Waals surface area (Å²) in [7, 11) is -1.10. The van der Waals surface area contributed by atoms with Crippen LogP contribution in [0.25, 0.3) is 0 Å². The molecule has 1 aromatic carbocycles. The van der Waals surface area contributed by atoms with Gasteiger partial charge in [-0.2, -0.15) is 0 Å². The number of carbonyl (C=O) groups is 1. The number of carbonyl (C=O) groups excluding carboxylic acids is 1. The van der Waals surface area contributed by atoms with Gasteiger partial charge < -0.3 is 5.32 Å². The van der Waals surface area contributed by atoms with Crippen LogP contribution in [0.15, 0.2) is 30.3 Å². The summed E-state index contributed by atoms with van der Waals surface area (Å²) in [6.45, 7) is 2.96. The Morgan fingerprint density at radius 2 is 2.04 bits per heavy atom. The quantitative estimate of drug-likeness (QED) is 0.816. The van der Waals surface area contributed by atoms with Gasteiger partial charge in [-0.3, -0.25) is 9.69 Å². The molecule has 128 valence electrons. The van der Waals surface area contributed by atoms with Gasteiger partial charge in [0, 0.05) is 18.5 Å². The SMILES string of the molecule is CC[C@H](CNC(=O)CN(C)[C@H]1CCS(=O)(=O)C1)c1ccccc1. The van der Waals surface area contributed by atoms with Crippen molar-refractivity contribution in [3.63, 3.8) is 0 Å². The molecule has 0 aromatic heterocycles. The van der Waals surface area contributed by atoms with Gasteiger partial charge >= 0.3 is 0 Å². The van der Waals surface area contributed by atoms with Crippen LogP contribution in [0.3, 0.4) is 0 Å². The van der Waals surface area contributed by atoms with Gasteiger partial charge in [0.1, 0.15) is 0 Å². The van der Waals surface area contributed by atoms with Crippen molar-refractivity contribution in [3.05, 3.63) is 35.9 Å². The minimum Gasteiger partial charge on any atom is -0.354 e. The number of hydrogen-bond acceptors (Lipinski definition) is 4. The predicted octanol–water partition coefficient (Wildman–Crippen LogP) is 1.42. The topological polar surface area (TPSA) is 66.5 Å². The minimum absolute atomic E-state index is 0.0400. The molecular formula is C17H26N2O3S. The molecular weight excluding hydrogens is 312 g/mol. The van der Waals surface area contributed by atoms with E-state index in [0.717, 1.165) is 6.42 Å². The van der Waals surface area contributed by atoms with E-state index >= 15 is 0 Å². The maximum Gasteiger partial charge on any atom is 0.234 e. The number of sulfone groups is 1. The Balaban J connectivity index is 1.80. The molecule has 0 spiro atoms. The van der Waals surface area contributed by atoms with E-state index in [4.69, 9.17) is 0 Å². The van der Waals surface area contributed by atoms with Crippen molar-refractivity contribution in [2.45, 2.75) is 31.7 Å². The van der Waals surface area contributed by atoms with Gasteiger partial charge in [-0.15, -0.1) is 0 Å². The second-order valence-corrected chi connectivity index (χ2v) is 8.52. The zero-order chi connectivity index (χ0) is 16.9. The molecule has 2 atom stereocenters. The van der Waals surface area contributed by atoms with E-state index in [1.807, 2.05) is 30.1 Å². The van der Waals surface area contributed by atoms with Gasteiger partial charge in [0.2, 0.25) is 5.91 Å². The number of rotatable bonds is 7. The van der Waals surface area contributed by atoms with E-state index in [0.29, 0.717) is 18.9 Å². The van der Waals surface area contributed by atoms with Crippen molar-refractivity contribution in [2.75, 3.05) is 31.6 Å². The van der Waals surface area contributed by atoms with Crippen molar-refractivity contribution in [2.24, 2.45) is 0 Å². The molecule has 5 nitrogen and oxygen atoms in total. The number of likely N-dealkylation sites (N-methyl/N-ethyl adjacent to an activating group) is 1. The zero-order valence-corrected chi connectivity index (χ0v) is 14.7. The zero-order valence-electron chi connectivity index (χ0n) is 13.9. The van der Waals surface area contributed by atoms with Crippen LogP contribution in [0.5, 0.6) is 0 Å². The summed E-state index contributed by atoms with van der Waals surface area (Å²) in [5.41, 5.74) is 1.23. The Morgan fingerprint density at radius 1 is 1.35 bits per heavy atom. The first-order valence-corrected chi connectivity index (χ1v) is 9.95. The van der Waals surface area contributed by atoms with Crippen LogP contribution in [0.4, 0.5) is 0 Å². The molecule has 1 aromatic rings. The summed E-state index contributed by atoms with van der Waals surface area (Å²) >= 11 is 0. The molecule has 23 heavy (non-hydrogen) atoms. The molecule has 1 aliphatic heterocycles. The number of hydrogen-bond donors (Lipinski definition) is 1. The molecule has 0 unspecified atom stereocenters. The third kappa shape index (κ3) is 5.32. The molecule has 0 radical (unpaired) electrons. The number of amides is 1. The van der Waals surface area contributed by atoms with Gasteiger partial charge in [-0.1, -0.05) is 37.3 Å². The lowest BCUT2D eigenvalue weighted by Gasteiger charge is -2.23. The average Bonchev–Trinajstić information content (AvgIpc) is 2.89. The van der Waals surface area contributed by atoms with Crippen molar-refractivity contribution >= 4 is 15.7 Å². The molecule has 1 fully saturated rings. The Labute approximate surface area is 139 Å². The normalized spacial score (nSPS) is 21.3. The molecule has 1 heterocycles. The van der Waals surface area contributed by atoms with Gasteiger partial charge in [-0.05, 0) is 25.5 Å². The van der Waals surface area contributed by atoms with E-state index in [-0.39, 0.29) is 30.0 Å². The highest BCUT2D eigenvalue weighted by atomic mass is 32.2. The first kappa shape index (κ1) is 17.9. The van der Waals surface area contributed by atoms with Crippen LogP contribution in [0.2, 0.25) is 0 Å². The van der Waals surface area contributed by atoms with Crippen LogP contribution >= 0.6 is 0 Å². The molecule has 1 N–H and O–H groups in total. The van der Waals surface area contributed by atoms with Gasteiger partial charge in [0.15, 0.2) is 9.84 Å². The number of nitrogens with one attached hydrogen (secondary N) is 1. The molecule has 0 saturated carbocycles. The molecule has 6 heteroatoms. The monoisotopic (exact) mass is 338 g/mol. The van der Waals surface area contributed by atoms with Crippen molar-refractivity contribution in [3.8, 4) is 0 Å². The minimum atomic E-state index is -2.92. The summed E-state index contributed by atoms with van der Waals surface area (Å²) in [4.78, 5) is 14.0. The van der Waals surface area contributed by atoms with Crippen molar-refractivity contribution < 1.29 is 13.2 Å². The van der Waals surface area contributed by atoms with Crippen LogP contribution < -0.4 is 5.32 Å². The maximum atomic E-state index is 12.1. The smallest absolute Gasteiger partial charge is 0.234 e. The Kier molecular flexibility index (Phi) is 6.18. The predicted molar refractivity (Wildman–Crippen MR) is 92.2 cm³/mol. The lowest BCUT2D eigenvalue weighted by molar-refractivity contribution is -0.122. The molecule has 0 bridgehead atoms. The summed E-state index contributed by atoms with van der Waals surface area (Å²) < 4.78 is 23.0. The standard InChI is InChI=1S/C17H26N2O3S/c1-3-14(15-7-5-4-6-8-15)11-18-17(20)12-19(2)16-9-10-23(21,22)13-16/h4-8,14,16H,3,9-13H2,1-2H3,(H,18,20)/t14-,16+/m1/s1. The highest BCUT2D eigenvalue weighted by molar-refractivity contribution is 7.91. The summed E-state index contributed by atoms with van der Waals surface area (Å²) in [6.07, 6.45) is 1.58. The fourth-order valence-corrected chi connectivity index (χ4v) is 4.80. The van der Waals surface area contributed by atoms with E-state index in [1.165, 1.54) is 5.56 Å². The van der Waals surface area contributed by atoms with Gasteiger partial charge in [-0.25, -0.2) is 8.42 Å². The first-order valence-electron chi connectivity index (χ1n) is 8.13. The van der Waals surface area contributed by atoms with E-state index in [2.05, 4.69) is 24.4 Å². The Hall–Kier alpha value is -1.40. The molecule has 2 rings (SSSR count). The van der Waals surface area contributed by atoms with Crippen LogP contribution in [-0.2, 0) is 14.6 Å². The van der Waals surface area contributed by atoms with Crippen molar-refractivity contribution in [1.29, 1.82) is 0 Å². The average molecular weight is 338 g/mol. The molecule has 1 amide bonds. The third-order valence-electron chi connectivity index (χ3n) is 4.53. The Morgan fingerprint density at radius 3 is 2.61 bits per heavy atom. The van der Waals surface area contributed by atoms with Crippen LogP contribution in [0, 0.1) is 0 Å². The first-order chi connectivity index (χ1) is 10.9. The largest absolute Gasteiger partial charge is 0.354 e. The van der Waals surface area contributed by atoms with Gasteiger partial charge in [0.25, 0.3) is 0 Å². The second kappa shape index (κ2) is 7.93. The van der Waals surface area contributed by atoms with Crippen molar-refractivity contribution in [1.82, 2.24) is 10.2 Å². The number of nitrogens with zero attached hydrogens (tertiary/aromatic N) is 1. The summed E-state index contributed by atoms with van der Waals surface area (Å²) in [5, 5.41) is 2.98. The van der Waals surface area contributed by atoms with Crippen LogP contribution in [0.1, 0.15) is 31.2 Å². The second-order valence-electron chi connectivity index (χ2n) is 6.29. The third-order valence-corrected chi connectivity index (χ3v) is 6.28. The number of benzene rings is 1. The van der Waals surface area contributed by atoms with E-state index in [1.54, 1.807) is 0 Å². The molecule has 1 aliphatic rings. The van der Waals surface area contributed by atoms with E-state index < -0.39 is 9.84 Å². The fourth-order valence-electron chi connectivity index (χ4n) is 2.99. The fraction of sp³-hybridized carbons (Fsp3) is 0.588. The van der Waals surface area contributed by atoms with Gasteiger partial charge in [0.05, 0.1) is 18.1 Å². The van der Waals surface area contributed by atoms with E-state index in [9.17, 15) is 13.2 Å². The molecule has 0 aliphatic carbocycles. The Bertz CT molecular complexity index is 616. The summed E-state index contributed by atoms with van der Waals surface area (Å²) in [5.74, 6) is 0.650. The highest BCUT2D eigenvalue weighted by Crippen LogP contribution is 2.18. The highest BCUT2D eigenvalue weighted by Gasteiger charge is 2.31. The lowest BCUT2D eigenvalue weighted by Crippen LogP contribution is -2.42. The maximum absolute atomic E-state index is 12.1. The summed E-state index contributed by atoms with van der Waals surface area (Å²) in [6, 6.07) is 10.1. The lowest BCUT2D eigenvalue weighted by atomic mass is 9.96. The molecule has 1 saturated heterocycles. The van der Waals surface area contributed by atoms with Crippen LogP contribution in [-0.4, -0.2) is 56.9 Å².